The van der Waals surface area contributed by atoms with E-state index >= 15 is 0 Å². The van der Waals surface area contributed by atoms with Gasteiger partial charge in [-0.25, -0.2) is 8.42 Å². The summed E-state index contributed by atoms with van der Waals surface area (Å²) in [6, 6.07) is 6.37. The van der Waals surface area contributed by atoms with Crippen LogP contribution in [0.3, 0.4) is 0 Å². The highest BCUT2D eigenvalue weighted by Gasteiger charge is 2.33. The lowest BCUT2D eigenvalue weighted by atomic mass is 9.97. The molecule has 2 aromatic rings. The second-order valence-electron chi connectivity index (χ2n) is 7.23. The molecule has 0 unspecified atom stereocenters. The molecule has 1 fully saturated rings. The normalized spacial score (nSPS) is 17.9. The highest BCUT2D eigenvalue weighted by molar-refractivity contribution is 7.98. The Morgan fingerprint density at radius 2 is 1.90 bits per heavy atom. The van der Waals surface area contributed by atoms with Crippen LogP contribution in [0.1, 0.15) is 24.1 Å². The maximum absolute atomic E-state index is 12.9. The second kappa shape index (κ2) is 8.00. The van der Waals surface area contributed by atoms with E-state index in [0.29, 0.717) is 31.7 Å². The molecule has 2 aliphatic heterocycles. The van der Waals surface area contributed by atoms with Crippen LogP contribution in [0.4, 0.5) is 5.82 Å². The summed E-state index contributed by atoms with van der Waals surface area (Å²) in [6.07, 6.45) is 0.992. The fraction of sp³-hybridized carbons (Fsp3) is 0.474. The lowest BCUT2D eigenvalue weighted by molar-refractivity contribution is -0.121. The van der Waals surface area contributed by atoms with Gasteiger partial charge in [-0.15, -0.1) is 0 Å². The number of hydrogen-bond donors (Lipinski definition) is 1. The predicted octanol–water partition coefficient (Wildman–Crippen LogP) is 2.21. The predicted molar refractivity (Wildman–Crippen MR) is 111 cm³/mol. The van der Waals surface area contributed by atoms with Crippen molar-refractivity contribution in [1.29, 1.82) is 0 Å². The minimum Gasteiger partial charge on any atom is -0.497 e. The summed E-state index contributed by atoms with van der Waals surface area (Å²) in [5, 5.41) is 7.49. The number of benzene rings is 1. The number of amides is 1. The van der Waals surface area contributed by atoms with Gasteiger partial charge < -0.3 is 10.1 Å². The first-order chi connectivity index (χ1) is 13.9. The van der Waals surface area contributed by atoms with E-state index in [1.807, 2.05) is 7.05 Å². The smallest absolute Gasteiger partial charge is 0.243 e. The molecule has 29 heavy (non-hydrogen) atoms. The average molecular weight is 437 g/mol. The Balaban J connectivity index is 1.39. The SMILES string of the molecule is COc1ccc(S(=O)(=O)N2CCC(C(=O)Nc3c4c(nn3C)CSC4)CC2)cc1. The quantitative estimate of drug-likeness (QED) is 0.773. The Morgan fingerprint density at radius 3 is 2.55 bits per heavy atom. The van der Waals surface area contributed by atoms with Crippen molar-refractivity contribution < 1.29 is 17.9 Å². The standard InChI is InChI=1S/C19H24N4O4S2/c1-22-18(16-11-28-12-17(16)21-22)20-19(24)13-7-9-23(10-8-13)29(25,26)15-5-3-14(27-2)4-6-15/h3-6,13H,7-12H2,1-2H3,(H,20,24). The van der Waals surface area contributed by atoms with E-state index in [4.69, 9.17) is 4.74 Å². The van der Waals surface area contributed by atoms with Crippen LogP contribution in [0.5, 0.6) is 5.75 Å². The number of piperidine rings is 1. The number of nitrogens with zero attached hydrogens (tertiary/aromatic N) is 3. The highest BCUT2D eigenvalue weighted by Crippen LogP contribution is 2.35. The molecule has 156 valence electrons. The Hall–Kier alpha value is -2.04. The fourth-order valence-electron chi connectivity index (χ4n) is 3.77. The van der Waals surface area contributed by atoms with E-state index in [-0.39, 0.29) is 16.7 Å². The highest BCUT2D eigenvalue weighted by atomic mass is 32.2. The number of aromatic nitrogens is 2. The van der Waals surface area contributed by atoms with Gasteiger partial charge in [-0.05, 0) is 37.1 Å². The summed E-state index contributed by atoms with van der Waals surface area (Å²) >= 11 is 1.79. The van der Waals surface area contributed by atoms with Crippen molar-refractivity contribution in [2.45, 2.75) is 29.2 Å². The van der Waals surface area contributed by atoms with Crippen LogP contribution in [0.25, 0.3) is 0 Å². The van der Waals surface area contributed by atoms with Crippen LogP contribution in [0.2, 0.25) is 0 Å². The first kappa shape index (κ1) is 20.2. The van der Waals surface area contributed by atoms with Gasteiger partial charge in [0.15, 0.2) is 0 Å². The number of methoxy groups -OCH3 is 1. The third kappa shape index (κ3) is 3.88. The maximum atomic E-state index is 12.9. The molecular formula is C19H24N4O4S2. The monoisotopic (exact) mass is 436 g/mol. The molecule has 0 spiro atoms. The molecule has 1 saturated heterocycles. The number of sulfonamides is 1. The molecule has 1 N–H and O–H groups in total. The van der Waals surface area contributed by atoms with E-state index in [0.717, 1.165) is 28.6 Å². The Morgan fingerprint density at radius 1 is 1.21 bits per heavy atom. The molecule has 4 rings (SSSR count). The van der Waals surface area contributed by atoms with Crippen LogP contribution in [-0.4, -0.2) is 48.6 Å². The van der Waals surface area contributed by atoms with Gasteiger partial charge in [0.05, 0.1) is 17.7 Å². The zero-order valence-corrected chi connectivity index (χ0v) is 18.1. The molecule has 0 aliphatic carbocycles. The molecule has 8 nitrogen and oxygen atoms in total. The number of nitrogens with one attached hydrogen (secondary N) is 1. The van der Waals surface area contributed by atoms with Crippen molar-refractivity contribution in [2.24, 2.45) is 13.0 Å². The summed E-state index contributed by atoms with van der Waals surface area (Å²) < 4.78 is 34.0. The van der Waals surface area contributed by atoms with Crippen molar-refractivity contribution in [2.75, 3.05) is 25.5 Å². The molecule has 0 atom stereocenters. The third-order valence-corrected chi connectivity index (χ3v) is 8.36. The lowest BCUT2D eigenvalue weighted by Crippen LogP contribution is -2.41. The number of thioether (sulfide) groups is 1. The Labute approximate surface area is 174 Å². The molecule has 0 bridgehead atoms. The zero-order chi connectivity index (χ0) is 20.6. The molecule has 3 heterocycles. The number of hydrogen-bond acceptors (Lipinski definition) is 6. The minimum atomic E-state index is -3.57. The summed E-state index contributed by atoms with van der Waals surface area (Å²) in [6.45, 7) is 0.650. The average Bonchev–Trinajstić information content (AvgIpc) is 3.30. The van der Waals surface area contributed by atoms with E-state index in [2.05, 4.69) is 10.4 Å². The number of carbonyl (C=O) groups is 1. The molecular weight excluding hydrogens is 412 g/mol. The van der Waals surface area contributed by atoms with E-state index in [1.165, 1.54) is 11.4 Å². The molecule has 0 radical (unpaired) electrons. The number of fused-ring (bicyclic) bond motifs is 1. The largest absolute Gasteiger partial charge is 0.497 e. The molecule has 1 aromatic heterocycles. The molecule has 0 saturated carbocycles. The molecule has 2 aliphatic rings. The van der Waals surface area contributed by atoms with E-state index in [9.17, 15) is 13.2 Å². The van der Waals surface area contributed by atoms with Crippen LogP contribution in [-0.2, 0) is 33.4 Å². The van der Waals surface area contributed by atoms with Gasteiger partial charge in [0, 0.05) is 43.1 Å². The number of carbonyl (C=O) groups excluding carboxylic acids is 1. The molecule has 1 amide bonds. The van der Waals surface area contributed by atoms with Gasteiger partial charge >= 0.3 is 0 Å². The molecule has 1 aromatic carbocycles. The summed E-state index contributed by atoms with van der Waals surface area (Å²) in [5.74, 6) is 2.84. The first-order valence-electron chi connectivity index (χ1n) is 9.47. The van der Waals surface area contributed by atoms with Crippen molar-refractivity contribution >= 4 is 33.5 Å². The van der Waals surface area contributed by atoms with Crippen LogP contribution < -0.4 is 10.1 Å². The Bertz CT molecular complexity index is 1010. The van der Waals surface area contributed by atoms with E-state index in [1.54, 1.807) is 40.7 Å². The topological polar surface area (TPSA) is 93.5 Å². The fourth-order valence-corrected chi connectivity index (χ4v) is 6.28. The van der Waals surface area contributed by atoms with Crippen molar-refractivity contribution in [3.8, 4) is 5.75 Å². The maximum Gasteiger partial charge on any atom is 0.243 e. The van der Waals surface area contributed by atoms with Crippen LogP contribution >= 0.6 is 11.8 Å². The summed E-state index contributed by atoms with van der Waals surface area (Å²) in [5.41, 5.74) is 2.14. The lowest BCUT2D eigenvalue weighted by Gasteiger charge is -2.30. The van der Waals surface area contributed by atoms with Gasteiger partial charge in [-0.1, -0.05) is 0 Å². The zero-order valence-electron chi connectivity index (χ0n) is 16.4. The minimum absolute atomic E-state index is 0.0609. The van der Waals surface area contributed by atoms with Crippen LogP contribution in [0, 0.1) is 5.92 Å². The summed E-state index contributed by atoms with van der Waals surface area (Å²) in [7, 11) is -0.196. The van der Waals surface area contributed by atoms with Gasteiger partial charge in [0.2, 0.25) is 15.9 Å². The van der Waals surface area contributed by atoms with Crippen LogP contribution in [0.15, 0.2) is 29.2 Å². The van der Waals surface area contributed by atoms with E-state index < -0.39 is 10.0 Å². The van der Waals surface area contributed by atoms with Crippen molar-refractivity contribution in [3.05, 3.63) is 35.5 Å². The van der Waals surface area contributed by atoms with Gasteiger partial charge in [0.1, 0.15) is 11.6 Å². The van der Waals surface area contributed by atoms with Gasteiger partial charge in [0.25, 0.3) is 0 Å². The number of aryl methyl sites for hydroxylation is 1. The number of ether oxygens (including phenoxy) is 1. The number of anilines is 1. The van der Waals surface area contributed by atoms with Crippen molar-refractivity contribution in [1.82, 2.24) is 14.1 Å². The second-order valence-corrected chi connectivity index (χ2v) is 10.2. The van der Waals surface area contributed by atoms with Crippen molar-refractivity contribution in [3.63, 3.8) is 0 Å². The van der Waals surface area contributed by atoms with Gasteiger partial charge in [-0.2, -0.15) is 21.2 Å². The number of rotatable bonds is 5. The Kier molecular flexibility index (Phi) is 5.58. The first-order valence-corrected chi connectivity index (χ1v) is 12.1. The van der Waals surface area contributed by atoms with Gasteiger partial charge in [-0.3, -0.25) is 9.48 Å². The summed E-state index contributed by atoms with van der Waals surface area (Å²) in [4.78, 5) is 13.0. The third-order valence-electron chi connectivity index (χ3n) is 5.48. The molecule has 10 heteroatoms.